The fraction of sp³-hybridized carbons (Fsp3) is 0.650. The molecule has 0 spiro atoms. The summed E-state index contributed by atoms with van der Waals surface area (Å²) in [6.07, 6.45) is 8.76. The third-order valence-corrected chi connectivity index (χ3v) is 5.91. The summed E-state index contributed by atoms with van der Waals surface area (Å²) >= 11 is 0. The van der Waals surface area contributed by atoms with Crippen molar-refractivity contribution in [2.45, 2.75) is 77.2 Å². The molecule has 2 fully saturated rings. The molecule has 1 saturated heterocycles. The number of amides is 1. The van der Waals surface area contributed by atoms with Crippen LogP contribution in [0.15, 0.2) is 15.1 Å². The first-order valence-electron chi connectivity index (χ1n) is 9.91. The highest BCUT2D eigenvalue weighted by Crippen LogP contribution is 2.38. The largest absolute Gasteiger partial charge is 0.361 e. The van der Waals surface area contributed by atoms with Gasteiger partial charge in [0.05, 0.1) is 17.4 Å². The van der Waals surface area contributed by atoms with Crippen molar-refractivity contribution < 1.29 is 13.8 Å². The Bertz CT molecular complexity index is 773. The van der Waals surface area contributed by atoms with E-state index in [-0.39, 0.29) is 11.9 Å². The number of carbonyl (C=O) groups excluding carboxylic acids is 1. The average Bonchev–Trinajstić information content (AvgIpc) is 3.41. The van der Waals surface area contributed by atoms with Gasteiger partial charge in [-0.3, -0.25) is 4.79 Å². The predicted molar refractivity (Wildman–Crippen MR) is 96.0 cm³/mol. The lowest BCUT2D eigenvalue weighted by atomic mass is 9.87. The maximum absolute atomic E-state index is 13.1. The maximum atomic E-state index is 13.1. The molecule has 0 N–H and O–H groups in total. The predicted octanol–water partition coefficient (Wildman–Crippen LogP) is 4.56. The van der Waals surface area contributed by atoms with E-state index in [1.807, 2.05) is 17.9 Å². The van der Waals surface area contributed by atoms with Crippen LogP contribution in [-0.2, 0) is 6.42 Å². The molecule has 1 aliphatic heterocycles. The molecule has 2 aromatic heterocycles. The van der Waals surface area contributed by atoms with Gasteiger partial charge in [0.15, 0.2) is 0 Å². The Labute approximate surface area is 153 Å². The fourth-order valence-electron chi connectivity index (χ4n) is 4.54. The van der Waals surface area contributed by atoms with E-state index in [4.69, 9.17) is 9.05 Å². The van der Waals surface area contributed by atoms with Crippen LogP contribution >= 0.6 is 0 Å². The molecule has 0 bridgehead atoms. The van der Waals surface area contributed by atoms with E-state index in [0.29, 0.717) is 11.7 Å². The quantitative estimate of drug-likeness (QED) is 0.802. The number of likely N-dealkylation sites (tertiary alicyclic amines) is 1. The first-order valence-corrected chi connectivity index (χ1v) is 9.91. The van der Waals surface area contributed by atoms with Crippen molar-refractivity contribution >= 4 is 5.91 Å². The zero-order valence-corrected chi connectivity index (χ0v) is 15.7. The third-order valence-electron chi connectivity index (χ3n) is 5.91. The summed E-state index contributed by atoms with van der Waals surface area (Å²) in [6.45, 7) is 4.74. The summed E-state index contributed by atoms with van der Waals surface area (Å²) < 4.78 is 10.9. The van der Waals surface area contributed by atoms with Crippen LogP contribution < -0.4 is 0 Å². The Morgan fingerprint density at radius 3 is 2.73 bits per heavy atom. The van der Waals surface area contributed by atoms with Gasteiger partial charge in [0.1, 0.15) is 5.76 Å². The Hall–Kier alpha value is -2.11. The average molecular weight is 357 g/mol. The molecule has 0 aromatic carbocycles. The zero-order valence-electron chi connectivity index (χ0n) is 15.7. The number of hydrogen-bond donors (Lipinski definition) is 0. The van der Waals surface area contributed by atoms with Crippen LogP contribution in [0.25, 0.3) is 0 Å². The van der Waals surface area contributed by atoms with E-state index in [2.05, 4.69) is 17.2 Å². The smallest absolute Gasteiger partial charge is 0.292 e. The van der Waals surface area contributed by atoms with Crippen LogP contribution in [0, 0.1) is 6.92 Å². The molecule has 1 aliphatic carbocycles. The Kier molecular flexibility index (Phi) is 4.83. The van der Waals surface area contributed by atoms with Gasteiger partial charge in [-0.2, -0.15) is 0 Å². The van der Waals surface area contributed by atoms with Gasteiger partial charge < -0.3 is 13.9 Å². The normalized spacial score (nSPS) is 21.5. The van der Waals surface area contributed by atoms with E-state index in [1.54, 1.807) is 0 Å². The van der Waals surface area contributed by atoms with E-state index in [1.165, 1.54) is 19.3 Å². The van der Waals surface area contributed by atoms with Crippen LogP contribution in [-0.4, -0.2) is 27.7 Å². The highest BCUT2D eigenvalue weighted by atomic mass is 16.5. The van der Waals surface area contributed by atoms with Crippen molar-refractivity contribution in [1.29, 1.82) is 0 Å². The lowest BCUT2D eigenvalue weighted by molar-refractivity contribution is 0.0692. The lowest BCUT2D eigenvalue weighted by Crippen LogP contribution is -2.30. The zero-order chi connectivity index (χ0) is 18.1. The molecule has 140 valence electrons. The second-order valence-corrected chi connectivity index (χ2v) is 7.57. The Balaban J connectivity index is 1.55. The molecule has 6 nitrogen and oxygen atoms in total. The van der Waals surface area contributed by atoms with Gasteiger partial charge in [-0.15, -0.1) is 0 Å². The second-order valence-electron chi connectivity index (χ2n) is 7.57. The molecule has 0 radical (unpaired) electrons. The molecule has 2 aliphatic rings. The van der Waals surface area contributed by atoms with Crippen molar-refractivity contribution in [3.05, 3.63) is 34.5 Å². The van der Waals surface area contributed by atoms with Gasteiger partial charge >= 0.3 is 0 Å². The van der Waals surface area contributed by atoms with Gasteiger partial charge in [-0.1, -0.05) is 36.5 Å². The first kappa shape index (κ1) is 17.3. The van der Waals surface area contributed by atoms with Crippen molar-refractivity contribution in [2.24, 2.45) is 0 Å². The molecule has 3 heterocycles. The number of hydrogen-bond acceptors (Lipinski definition) is 5. The molecule has 0 unspecified atom stereocenters. The van der Waals surface area contributed by atoms with Crippen LogP contribution in [0.4, 0.5) is 0 Å². The highest BCUT2D eigenvalue weighted by molar-refractivity contribution is 5.92. The molecule has 2 aromatic rings. The number of nitrogens with zero attached hydrogens (tertiary/aromatic N) is 3. The Morgan fingerprint density at radius 1 is 1.15 bits per heavy atom. The fourth-order valence-corrected chi connectivity index (χ4v) is 4.54. The monoisotopic (exact) mass is 357 g/mol. The van der Waals surface area contributed by atoms with Crippen LogP contribution in [0.3, 0.4) is 0 Å². The van der Waals surface area contributed by atoms with Gasteiger partial charge in [0.2, 0.25) is 5.76 Å². The van der Waals surface area contributed by atoms with E-state index in [9.17, 15) is 4.79 Å². The van der Waals surface area contributed by atoms with Gasteiger partial charge in [-0.05, 0) is 32.6 Å². The van der Waals surface area contributed by atoms with E-state index in [0.717, 1.165) is 61.4 Å². The lowest BCUT2D eigenvalue weighted by Gasteiger charge is -2.23. The SMILES string of the molecule is CCc1onc(C)c1[C@@H]1CCCN1C(=O)c1cc(C2CCCCC2)no1. The summed E-state index contributed by atoms with van der Waals surface area (Å²) in [7, 11) is 0. The minimum atomic E-state index is -0.0651. The van der Waals surface area contributed by atoms with Crippen molar-refractivity contribution in [3.63, 3.8) is 0 Å². The molecule has 26 heavy (non-hydrogen) atoms. The number of aryl methyl sites for hydroxylation is 2. The summed E-state index contributed by atoms with van der Waals surface area (Å²) in [6, 6.07) is 1.89. The molecule has 1 atom stereocenters. The summed E-state index contributed by atoms with van der Waals surface area (Å²) in [5.41, 5.74) is 2.90. The summed E-state index contributed by atoms with van der Waals surface area (Å²) in [5, 5.41) is 8.33. The molecule has 6 heteroatoms. The van der Waals surface area contributed by atoms with Crippen LogP contribution in [0.2, 0.25) is 0 Å². The summed E-state index contributed by atoms with van der Waals surface area (Å²) in [5.74, 6) is 1.62. The summed E-state index contributed by atoms with van der Waals surface area (Å²) in [4.78, 5) is 15.0. The van der Waals surface area contributed by atoms with Crippen molar-refractivity contribution in [3.8, 4) is 0 Å². The molecule has 1 saturated carbocycles. The topological polar surface area (TPSA) is 72.4 Å². The molecular formula is C20H27N3O3. The minimum absolute atomic E-state index is 0.0203. The number of aromatic nitrogens is 2. The van der Waals surface area contributed by atoms with E-state index < -0.39 is 0 Å². The van der Waals surface area contributed by atoms with Crippen LogP contribution in [0.1, 0.15) is 97.1 Å². The minimum Gasteiger partial charge on any atom is -0.361 e. The van der Waals surface area contributed by atoms with E-state index >= 15 is 0 Å². The van der Waals surface area contributed by atoms with Gasteiger partial charge in [0, 0.05) is 30.5 Å². The number of carbonyl (C=O) groups is 1. The second kappa shape index (κ2) is 7.25. The highest BCUT2D eigenvalue weighted by Gasteiger charge is 2.36. The first-order chi connectivity index (χ1) is 12.7. The molecule has 4 rings (SSSR count). The third kappa shape index (κ3) is 3.06. The molecule has 1 amide bonds. The van der Waals surface area contributed by atoms with Crippen LogP contribution in [0.5, 0.6) is 0 Å². The van der Waals surface area contributed by atoms with Crippen molar-refractivity contribution in [1.82, 2.24) is 15.2 Å². The standard InChI is InChI=1S/C20H27N3O3/c1-3-17-19(13(2)21-25-17)16-10-7-11-23(16)20(24)18-12-15(22-26-18)14-8-5-4-6-9-14/h12,14,16H,3-11H2,1-2H3/t16-/m0/s1. The molecular weight excluding hydrogens is 330 g/mol. The maximum Gasteiger partial charge on any atom is 0.292 e. The number of rotatable bonds is 4. The Morgan fingerprint density at radius 2 is 1.96 bits per heavy atom. The van der Waals surface area contributed by atoms with Crippen molar-refractivity contribution in [2.75, 3.05) is 6.54 Å². The van der Waals surface area contributed by atoms with Gasteiger partial charge in [-0.25, -0.2) is 0 Å². The van der Waals surface area contributed by atoms with Gasteiger partial charge in [0.25, 0.3) is 5.91 Å².